The second-order valence-corrected chi connectivity index (χ2v) is 5.42. The maximum Gasteiger partial charge on any atom is 0.161 e. The van der Waals surface area contributed by atoms with Crippen LogP contribution >= 0.6 is 15.9 Å². The topological polar surface area (TPSA) is 44.5 Å². The van der Waals surface area contributed by atoms with Crippen LogP contribution < -0.4 is 15.2 Å². The Morgan fingerprint density at radius 3 is 2.20 bits per heavy atom. The molecule has 3 nitrogen and oxygen atoms in total. The van der Waals surface area contributed by atoms with Gasteiger partial charge in [0, 0.05) is 4.47 Å². The van der Waals surface area contributed by atoms with Gasteiger partial charge in [-0.05, 0) is 35.7 Å². The summed E-state index contributed by atoms with van der Waals surface area (Å²) in [6.45, 7) is 2.06. The average Bonchev–Trinajstić information content (AvgIpc) is 2.46. The third-order valence-electron chi connectivity index (χ3n) is 3.36. The fraction of sp³-hybridized carbons (Fsp3) is 0.250. The Hall–Kier alpha value is -1.52. The summed E-state index contributed by atoms with van der Waals surface area (Å²) in [5.41, 5.74) is 9.64. The van der Waals surface area contributed by atoms with Crippen molar-refractivity contribution in [3.63, 3.8) is 0 Å². The lowest BCUT2D eigenvalue weighted by Gasteiger charge is -2.19. The minimum atomic E-state index is -0.217. The van der Waals surface area contributed by atoms with E-state index in [1.165, 1.54) is 5.56 Å². The first-order chi connectivity index (χ1) is 9.58. The van der Waals surface area contributed by atoms with Gasteiger partial charge in [-0.1, -0.05) is 40.2 Å². The second kappa shape index (κ2) is 6.29. The van der Waals surface area contributed by atoms with Gasteiger partial charge in [0.15, 0.2) is 11.5 Å². The van der Waals surface area contributed by atoms with Crippen molar-refractivity contribution in [3.8, 4) is 11.5 Å². The van der Waals surface area contributed by atoms with Crippen molar-refractivity contribution in [2.24, 2.45) is 5.73 Å². The van der Waals surface area contributed by atoms with Crippen molar-refractivity contribution >= 4 is 15.9 Å². The normalized spacial score (nSPS) is 12.1. The van der Waals surface area contributed by atoms with Gasteiger partial charge in [0.25, 0.3) is 0 Å². The summed E-state index contributed by atoms with van der Waals surface area (Å²) >= 11 is 3.56. The molecule has 0 heterocycles. The Bertz CT molecular complexity index is 613. The SMILES string of the molecule is COc1cc(Br)c(C(N)c2ccccc2C)cc1OC. The molecule has 1 atom stereocenters. The Morgan fingerprint density at radius 2 is 1.60 bits per heavy atom. The predicted molar refractivity (Wildman–Crippen MR) is 84.5 cm³/mol. The molecule has 0 aliphatic carbocycles. The molecule has 0 saturated carbocycles. The van der Waals surface area contributed by atoms with Crippen molar-refractivity contribution in [1.82, 2.24) is 0 Å². The third kappa shape index (κ3) is 2.81. The summed E-state index contributed by atoms with van der Waals surface area (Å²) in [4.78, 5) is 0. The standard InChI is InChI=1S/C16H18BrNO2/c1-10-6-4-5-7-11(10)16(18)12-8-14(19-2)15(20-3)9-13(12)17/h4-9,16H,18H2,1-3H3. The number of benzene rings is 2. The summed E-state index contributed by atoms with van der Waals surface area (Å²) < 4.78 is 11.5. The number of hydrogen-bond acceptors (Lipinski definition) is 3. The average molecular weight is 336 g/mol. The molecule has 20 heavy (non-hydrogen) atoms. The van der Waals surface area contributed by atoms with Crippen LogP contribution in [0.3, 0.4) is 0 Å². The van der Waals surface area contributed by atoms with Gasteiger partial charge >= 0.3 is 0 Å². The Balaban J connectivity index is 2.50. The second-order valence-electron chi connectivity index (χ2n) is 4.56. The first-order valence-corrected chi connectivity index (χ1v) is 7.10. The molecule has 0 aliphatic heterocycles. The number of methoxy groups -OCH3 is 2. The highest BCUT2D eigenvalue weighted by atomic mass is 79.9. The van der Waals surface area contributed by atoms with Crippen LogP contribution in [0.2, 0.25) is 0 Å². The van der Waals surface area contributed by atoms with E-state index in [-0.39, 0.29) is 6.04 Å². The molecule has 106 valence electrons. The number of aryl methyl sites for hydroxylation is 1. The van der Waals surface area contributed by atoms with Crippen LogP contribution in [0.25, 0.3) is 0 Å². The summed E-state index contributed by atoms with van der Waals surface area (Å²) in [5, 5.41) is 0. The minimum Gasteiger partial charge on any atom is -0.493 e. The molecule has 0 saturated heterocycles. The molecule has 4 heteroatoms. The largest absolute Gasteiger partial charge is 0.493 e. The molecule has 0 aliphatic rings. The van der Waals surface area contributed by atoms with Gasteiger partial charge in [-0.25, -0.2) is 0 Å². The van der Waals surface area contributed by atoms with Gasteiger partial charge < -0.3 is 15.2 Å². The number of ether oxygens (including phenoxy) is 2. The highest BCUT2D eigenvalue weighted by molar-refractivity contribution is 9.10. The minimum absolute atomic E-state index is 0.217. The molecular weight excluding hydrogens is 318 g/mol. The lowest BCUT2D eigenvalue weighted by Crippen LogP contribution is -2.14. The molecule has 2 rings (SSSR count). The van der Waals surface area contributed by atoms with Crippen molar-refractivity contribution in [2.75, 3.05) is 14.2 Å². The van der Waals surface area contributed by atoms with Crippen molar-refractivity contribution in [3.05, 3.63) is 57.6 Å². The fourth-order valence-electron chi connectivity index (χ4n) is 2.21. The van der Waals surface area contributed by atoms with E-state index in [2.05, 4.69) is 28.9 Å². The fourth-order valence-corrected chi connectivity index (χ4v) is 2.78. The molecule has 2 aromatic rings. The lowest BCUT2D eigenvalue weighted by molar-refractivity contribution is 0.354. The first-order valence-electron chi connectivity index (χ1n) is 6.31. The summed E-state index contributed by atoms with van der Waals surface area (Å²) in [6, 6.07) is 11.7. The van der Waals surface area contributed by atoms with Crippen molar-refractivity contribution in [1.29, 1.82) is 0 Å². The quantitative estimate of drug-likeness (QED) is 0.923. The molecule has 0 amide bonds. The monoisotopic (exact) mass is 335 g/mol. The summed E-state index contributed by atoms with van der Waals surface area (Å²) in [5.74, 6) is 1.36. The molecule has 2 N–H and O–H groups in total. The number of hydrogen-bond donors (Lipinski definition) is 1. The molecular formula is C16H18BrNO2. The third-order valence-corrected chi connectivity index (χ3v) is 4.05. The number of nitrogens with two attached hydrogens (primary N) is 1. The van der Waals surface area contributed by atoms with Crippen LogP contribution in [0.15, 0.2) is 40.9 Å². The van der Waals surface area contributed by atoms with Crippen molar-refractivity contribution < 1.29 is 9.47 Å². The van der Waals surface area contributed by atoms with Crippen LogP contribution in [-0.2, 0) is 0 Å². The van der Waals surface area contributed by atoms with Crippen molar-refractivity contribution in [2.45, 2.75) is 13.0 Å². The van der Waals surface area contributed by atoms with Gasteiger partial charge in [0.05, 0.1) is 20.3 Å². The smallest absolute Gasteiger partial charge is 0.161 e. The van der Waals surface area contributed by atoms with Gasteiger partial charge in [-0.15, -0.1) is 0 Å². The van der Waals surface area contributed by atoms with Gasteiger partial charge in [-0.3, -0.25) is 0 Å². The Labute approximate surface area is 127 Å². The summed E-state index contributed by atoms with van der Waals surface area (Å²) in [6.07, 6.45) is 0. The Kier molecular flexibility index (Phi) is 4.68. The maximum atomic E-state index is 6.41. The molecule has 1 unspecified atom stereocenters. The molecule has 0 aromatic heterocycles. The van der Waals surface area contributed by atoms with Crippen LogP contribution in [0.5, 0.6) is 11.5 Å². The maximum absolute atomic E-state index is 6.41. The van der Waals surface area contributed by atoms with Crippen LogP contribution in [0.4, 0.5) is 0 Å². The highest BCUT2D eigenvalue weighted by Crippen LogP contribution is 2.37. The van der Waals surface area contributed by atoms with Crippen LogP contribution in [0.1, 0.15) is 22.7 Å². The van der Waals surface area contributed by atoms with E-state index in [0.29, 0.717) is 11.5 Å². The number of rotatable bonds is 4. The van der Waals surface area contributed by atoms with E-state index in [1.807, 2.05) is 30.3 Å². The molecule has 0 fully saturated rings. The highest BCUT2D eigenvalue weighted by Gasteiger charge is 2.17. The van der Waals surface area contributed by atoms with E-state index < -0.39 is 0 Å². The zero-order valence-corrected chi connectivity index (χ0v) is 13.4. The van der Waals surface area contributed by atoms with Gasteiger partial charge in [-0.2, -0.15) is 0 Å². The lowest BCUT2D eigenvalue weighted by atomic mass is 9.95. The van der Waals surface area contributed by atoms with Crippen LogP contribution in [0, 0.1) is 6.92 Å². The van der Waals surface area contributed by atoms with E-state index in [0.717, 1.165) is 15.6 Å². The zero-order valence-electron chi connectivity index (χ0n) is 11.8. The number of halogens is 1. The summed E-state index contributed by atoms with van der Waals surface area (Å²) in [7, 11) is 3.24. The molecule has 0 spiro atoms. The van der Waals surface area contributed by atoms with E-state index in [9.17, 15) is 0 Å². The van der Waals surface area contributed by atoms with E-state index >= 15 is 0 Å². The van der Waals surface area contributed by atoms with Gasteiger partial charge in [0.2, 0.25) is 0 Å². The van der Waals surface area contributed by atoms with Gasteiger partial charge in [0.1, 0.15) is 0 Å². The zero-order chi connectivity index (χ0) is 14.7. The molecule has 2 aromatic carbocycles. The first kappa shape index (κ1) is 14.9. The van der Waals surface area contributed by atoms with E-state index in [1.54, 1.807) is 14.2 Å². The van der Waals surface area contributed by atoms with Crippen LogP contribution in [-0.4, -0.2) is 14.2 Å². The molecule has 0 bridgehead atoms. The Morgan fingerprint density at radius 1 is 1.00 bits per heavy atom. The predicted octanol–water partition coefficient (Wildman–Crippen LogP) is 3.82. The van der Waals surface area contributed by atoms with E-state index in [4.69, 9.17) is 15.2 Å². The molecule has 0 radical (unpaired) electrons.